The number of amides is 1. The Balaban J connectivity index is 2.82. The van der Waals surface area contributed by atoms with Crippen LogP contribution in [0.5, 0.6) is 0 Å². The zero-order valence-corrected chi connectivity index (χ0v) is 12.7. The molecule has 1 heterocycles. The van der Waals surface area contributed by atoms with E-state index in [-0.39, 0.29) is 5.96 Å². The van der Waals surface area contributed by atoms with Crippen LogP contribution in [0.15, 0.2) is 4.99 Å². The van der Waals surface area contributed by atoms with Gasteiger partial charge < -0.3 is 15.2 Å². The number of hydrogen-bond donors (Lipinski definition) is 3. The third kappa shape index (κ3) is 4.85. The molecule has 0 aliphatic carbocycles. The second-order valence-electron chi connectivity index (χ2n) is 2.99. The summed E-state index contributed by atoms with van der Waals surface area (Å²) < 4.78 is 0.577. The molecule has 0 unspecified atom stereocenters. The average molecular weight is 380 g/mol. The largest absolute Gasteiger partial charge is 0.418 e. The number of nitrogens with zero attached hydrogens (tertiary/aromatic N) is 1. The molecule has 0 spiro atoms. The van der Waals surface area contributed by atoms with Crippen LogP contribution in [-0.4, -0.2) is 37.2 Å². The zero-order chi connectivity index (χ0) is 14.1. The van der Waals surface area contributed by atoms with E-state index in [9.17, 15) is 9.90 Å². The summed E-state index contributed by atoms with van der Waals surface area (Å²) in [6.07, 6.45) is -3.99. The lowest BCUT2D eigenvalue weighted by molar-refractivity contribution is 0.0980. The normalized spacial score (nSPS) is 22.7. The van der Waals surface area contributed by atoms with Gasteiger partial charge >= 0.3 is 6.09 Å². The number of nitrogens with one attached hydrogen (secondary N) is 2. The van der Waals surface area contributed by atoms with Crippen LogP contribution in [0.1, 0.15) is 0 Å². The molecule has 3 N–H and O–H groups in total. The minimum Gasteiger partial charge on any atom is -0.418 e. The molecule has 0 saturated heterocycles. The van der Waals surface area contributed by atoms with Gasteiger partial charge in [-0.05, 0) is 0 Å². The summed E-state index contributed by atoms with van der Waals surface area (Å²) in [7, 11) is 0. The Bertz CT molecular complexity index is 365. The highest BCUT2D eigenvalue weighted by atomic mass is 35.6. The maximum atomic E-state index is 11.2. The van der Waals surface area contributed by atoms with Gasteiger partial charge in [0.1, 0.15) is 0 Å². The first-order valence-electron chi connectivity index (χ1n) is 4.13. The van der Waals surface area contributed by atoms with Crippen LogP contribution >= 0.6 is 69.6 Å². The van der Waals surface area contributed by atoms with Gasteiger partial charge in [-0.15, -0.1) is 0 Å². The number of aliphatic hydroxyl groups excluding tert-OH is 1. The predicted molar refractivity (Wildman–Crippen MR) is 70.6 cm³/mol. The first kappa shape index (κ1) is 16.5. The monoisotopic (exact) mass is 377 g/mol. The topological polar surface area (TPSA) is 83.0 Å². The Morgan fingerprint density at radius 2 is 1.89 bits per heavy atom. The summed E-state index contributed by atoms with van der Waals surface area (Å²) in [4.78, 5) is 14.8. The number of carbonyl (C=O) groups is 1. The highest BCUT2D eigenvalue weighted by Gasteiger charge is 2.40. The molecule has 0 fully saturated rings. The third-order valence-electron chi connectivity index (χ3n) is 1.55. The van der Waals surface area contributed by atoms with Crippen LogP contribution in [-0.2, 0) is 4.74 Å². The van der Waals surface area contributed by atoms with E-state index in [1.54, 1.807) is 0 Å². The molecule has 0 aromatic carbocycles. The standard InChI is InChI=1S/C6H5Cl6N3O3/c7-5(8,9)1(16)13-3-14-2(6(10,11)12)18-4(17)15-3/h1-2,16H,(H2,13,14,15,17)/t1-,2-/m1/s1. The van der Waals surface area contributed by atoms with Gasteiger partial charge in [0, 0.05) is 0 Å². The molecule has 12 heteroatoms. The van der Waals surface area contributed by atoms with E-state index >= 15 is 0 Å². The third-order valence-corrected chi connectivity index (χ3v) is 2.73. The highest BCUT2D eigenvalue weighted by Crippen LogP contribution is 2.34. The van der Waals surface area contributed by atoms with Crippen molar-refractivity contribution in [2.24, 2.45) is 4.99 Å². The average Bonchev–Trinajstić information content (AvgIpc) is 2.13. The lowest BCUT2D eigenvalue weighted by atomic mass is 10.5. The van der Waals surface area contributed by atoms with Crippen LogP contribution in [0.2, 0.25) is 0 Å². The van der Waals surface area contributed by atoms with Gasteiger partial charge in [0.2, 0.25) is 19.8 Å². The molecule has 1 rings (SSSR count). The first-order valence-corrected chi connectivity index (χ1v) is 6.40. The number of ether oxygens (including phenoxy) is 1. The Labute approximate surface area is 131 Å². The SMILES string of the molecule is O=C1NC(N[C@H](O)C(Cl)(Cl)Cl)=N[C@@H](C(Cl)(Cl)Cl)O1. The van der Waals surface area contributed by atoms with E-state index < -0.39 is 26.1 Å². The fraction of sp³-hybridized carbons (Fsp3) is 0.667. The van der Waals surface area contributed by atoms with Crippen molar-refractivity contribution in [1.29, 1.82) is 0 Å². The lowest BCUT2D eigenvalue weighted by Gasteiger charge is -2.28. The smallest absolute Gasteiger partial charge is 0.416 e. The second kappa shape index (κ2) is 5.83. The fourth-order valence-electron chi connectivity index (χ4n) is 0.828. The maximum Gasteiger partial charge on any atom is 0.416 e. The summed E-state index contributed by atoms with van der Waals surface area (Å²) in [6, 6.07) is 0. The van der Waals surface area contributed by atoms with Gasteiger partial charge in [0.15, 0.2) is 6.23 Å². The number of carbonyl (C=O) groups excluding carboxylic acids is 1. The van der Waals surface area contributed by atoms with Crippen LogP contribution < -0.4 is 10.6 Å². The zero-order valence-electron chi connectivity index (χ0n) is 8.13. The number of hydrogen-bond acceptors (Lipinski definition) is 5. The molecular weight excluding hydrogens is 375 g/mol. The molecule has 1 aliphatic heterocycles. The Kier molecular flexibility index (Phi) is 5.34. The van der Waals surface area contributed by atoms with E-state index in [2.05, 4.69) is 20.4 Å². The van der Waals surface area contributed by atoms with Crippen molar-refractivity contribution in [3.63, 3.8) is 0 Å². The van der Waals surface area contributed by atoms with Crippen molar-refractivity contribution in [2.75, 3.05) is 0 Å². The van der Waals surface area contributed by atoms with Crippen LogP contribution in [0.4, 0.5) is 4.79 Å². The lowest BCUT2D eigenvalue weighted by Crippen LogP contribution is -2.54. The quantitative estimate of drug-likeness (QED) is 0.481. The Morgan fingerprint density at radius 3 is 2.33 bits per heavy atom. The second-order valence-corrected chi connectivity index (χ2v) is 7.73. The molecular formula is C6H5Cl6N3O3. The number of aliphatic imine (C=N–C) groups is 1. The van der Waals surface area contributed by atoms with Crippen molar-refractivity contribution < 1.29 is 14.6 Å². The van der Waals surface area contributed by atoms with E-state index in [1.807, 2.05) is 0 Å². The minimum absolute atomic E-state index is 0.263. The molecule has 0 bridgehead atoms. The van der Waals surface area contributed by atoms with Gasteiger partial charge in [-0.2, -0.15) is 0 Å². The van der Waals surface area contributed by atoms with Crippen molar-refractivity contribution in [3.05, 3.63) is 0 Å². The summed E-state index contributed by atoms with van der Waals surface area (Å²) in [5.74, 6) is -0.263. The van der Waals surface area contributed by atoms with Gasteiger partial charge in [0.25, 0.3) is 0 Å². The summed E-state index contributed by atoms with van der Waals surface area (Å²) in [6.45, 7) is 0. The highest BCUT2D eigenvalue weighted by molar-refractivity contribution is 6.68. The van der Waals surface area contributed by atoms with E-state index in [4.69, 9.17) is 69.6 Å². The van der Waals surface area contributed by atoms with Gasteiger partial charge in [-0.1, -0.05) is 69.6 Å². The molecule has 2 atom stereocenters. The number of cyclic esters (lactones) is 1. The van der Waals surface area contributed by atoms with E-state index in [0.29, 0.717) is 0 Å². The summed E-state index contributed by atoms with van der Waals surface area (Å²) in [5, 5.41) is 13.7. The van der Waals surface area contributed by atoms with Crippen molar-refractivity contribution >= 4 is 81.7 Å². The van der Waals surface area contributed by atoms with Crippen LogP contribution in [0.3, 0.4) is 0 Å². The number of alkyl carbamates (subject to hydrolysis) is 1. The molecule has 1 amide bonds. The summed E-state index contributed by atoms with van der Waals surface area (Å²) >= 11 is 32.8. The number of rotatable bonds is 1. The molecule has 0 aromatic rings. The van der Waals surface area contributed by atoms with Gasteiger partial charge in [0.05, 0.1) is 0 Å². The van der Waals surface area contributed by atoms with Crippen molar-refractivity contribution in [1.82, 2.24) is 10.6 Å². The van der Waals surface area contributed by atoms with Crippen LogP contribution in [0, 0.1) is 0 Å². The molecule has 6 nitrogen and oxygen atoms in total. The van der Waals surface area contributed by atoms with Crippen molar-refractivity contribution in [3.8, 4) is 0 Å². The molecule has 0 radical (unpaired) electrons. The van der Waals surface area contributed by atoms with Gasteiger partial charge in [-0.25, -0.2) is 9.79 Å². The van der Waals surface area contributed by atoms with Crippen LogP contribution in [0.25, 0.3) is 0 Å². The number of alkyl halides is 6. The molecule has 104 valence electrons. The summed E-state index contributed by atoms with van der Waals surface area (Å²) in [5.41, 5.74) is 0. The molecule has 1 aliphatic rings. The maximum absolute atomic E-state index is 11.2. The molecule has 0 aromatic heterocycles. The first-order chi connectivity index (χ1) is 8.00. The van der Waals surface area contributed by atoms with Crippen molar-refractivity contribution in [2.45, 2.75) is 20.0 Å². The van der Waals surface area contributed by atoms with E-state index in [1.165, 1.54) is 0 Å². The fourth-order valence-corrected chi connectivity index (χ4v) is 1.27. The Hall–Kier alpha value is 0.440. The Morgan fingerprint density at radius 1 is 1.33 bits per heavy atom. The number of guanidine groups is 1. The predicted octanol–water partition coefficient (Wildman–Crippen LogP) is 2.06. The number of aliphatic hydroxyl groups is 1. The molecule has 0 saturated carbocycles. The van der Waals surface area contributed by atoms with E-state index in [0.717, 1.165) is 0 Å². The van der Waals surface area contributed by atoms with Gasteiger partial charge in [-0.3, -0.25) is 5.32 Å². The number of halogens is 6. The minimum atomic E-state index is -2.04. The molecule has 18 heavy (non-hydrogen) atoms.